The number of piperazine rings is 1. The van der Waals surface area contributed by atoms with Gasteiger partial charge in [-0.15, -0.1) is 0 Å². The van der Waals surface area contributed by atoms with Gasteiger partial charge in [-0.3, -0.25) is 4.79 Å². The first kappa shape index (κ1) is 22.3. The normalized spacial score (nSPS) is 18.9. The fourth-order valence-corrected chi connectivity index (χ4v) is 6.20. The monoisotopic (exact) mass is 483 g/mol. The average Bonchev–Trinajstić information content (AvgIpc) is 2.81. The number of carbonyl (C=O) groups is 1. The van der Waals surface area contributed by atoms with Crippen molar-refractivity contribution in [3.63, 3.8) is 0 Å². The second-order valence-corrected chi connectivity index (χ2v) is 10.4. The van der Waals surface area contributed by atoms with Gasteiger partial charge in [0, 0.05) is 62.6 Å². The minimum atomic E-state index is -3.76. The molecule has 0 unspecified atom stereocenters. The highest BCUT2D eigenvalue weighted by Gasteiger charge is 2.35. The van der Waals surface area contributed by atoms with Gasteiger partial charge in [0.05, 0.1) is 5.02 Å². The van der Waals surface area contributed by atoms with Crippen LogP contribution in [-0.2, 0) is 14.8 Å². The van der Waals surface area contributed by atoms with E-state index in [1.165, 1.54) is 16.4 Å². The molecule has 8 nitrogen and oxygen atoms in total. The first-order chi connectivity index (χ1) is 14.9. The molecule has 2 fully saturated rings. The Morgan fingerprint density at radius 3 is 2.26 bits per heavy atom. The van der Waals surface area contributed by atoms with E-state index >= 15 is 0 Å². The Bertz CT molecular complexity index is 1040. The molecule has 1 aromatic carbocycles. The van der Waals surface area contributed by atoms with E-state index in [1.807, 2.05) is 4.90 Å². The lowest BCUT2D eigenvalue weighted by Gasteiger charge is -2.38. The molecule has 2 aromatic rings. The quantitative estimate of drug-likeness (QED) is 0.663. The Labute approximate surface area is 191 Å². The summed E-state index contributed by atoms with van der Waals surface area (Å²) in [6.07, 6.45) is 4.38. The number of hydrogen-bond donors (Lipinski definition) is 0. The maximum atomic E-state index is 13.0. The fourth-order valence-electron chi connectivity index (χ4n) is 4.00. The van der Waals surface area contributed by atoms with E-state index in [0.717, 1.165) is 0 Å². The number of amides is 1. The molecular weight excluding hydrogens is 461 g/mol. The lowest BCUT2D eigenvalue weighted by molar-refractivity contribution is -0.137. The molecule has 2 aliphatic heterocycles. The Hall–Kier alpha value is -1.94. The molecule has 2 aliphatic rings. The maximum absolute atomic E-state index is 13.0. The minimum Gasteiger partial charge on any atom is -0.339 e. The number of halogens is 2. The van der Waals surface area contributed by atoms with Crippen LogP contribution in [0, 0.1) is 5.92 Å². The lowest BCUT2D eigenvalue weighted by Crippen LogP contribution is -2.52. The third-order valence-electron chi connectivity index (χ3n) is 5.74. The van der Waals surface area contributed by atoms with Crippen LogP contribution < -0.4 is 4.90 Å². The third kappa shape index (κ3) is 4.79. The van der Waals surface area contributed by atoms with E-state index in [1.54, 1.807) is 24.5 Å². The average molecular weight is 484 g/mol. The van der Waals surface area contributed by atoms with E-state index in [-0.39, 0.29) is 34.8 Å². The highest BCUT2D eigenvalue weighted by molar-refractivity contribution is 7.89. The molecule has 3 heterocycles. The zero-order chi connectivity index (χ0) is 22.0. The van der Waals surface area contributed by atoms with E-state index in [9.17, 15) is 13.2 Å². The first-order valence-electron chi connectivity index (χ1n) is 10.1. The van der Waals surface area contributed by atoms with Crippen LogP contribution >= 0.6 is 23.2 Å². The Morgan fingerprint density at radius 1 is 0.968 bits per heavy atom. The van der Waals surface area contributed by atoms with Gasteiger partial charge in [0.25, 0.3) is 0 Å². The van der Waals surface area contributed by atoms with Gasteiger partial charge in [-0.2, -0.15) is 4.31 Å². The lowest BCUT2D eigenvalue weighted by atomic mass is 9.96. The number of aromatic nitrogens is 2. The van der Waals surface area contributed by atoms with E-state index < -0.39 is 10.0 Å². The summed E-state index contributed by atoms with van der Waals surface area (Å²) >= 11 is 12.1. The summed E-state index contributed by atoms with van der Waals surface area (Å²) < 4.78 is 27.3. The summed E-state index contributed by atoms with van der Waals surface area (Å²) in [6, 6.07) is 6.17. The number of hydrogen-bond acceptors (Lipinski definition) is 6. The van der Waals surface area contributed by atoms with Crippen molar-refractivity contribution in [3.8, 4) is 0 Å². The van der Waals surface area contributed by atoms with E-state index in [4.69, 9.17) is 23.2 Å². The molecule has 0 aliphatic carbocycles. The summed E-state index contributed by atoms with van der Waals surface area (Å²) in [5.74, 6) is 0.583. The molecule has 0 bridgehead atoms. The van der Waals surface area contributed by atoms with Crippen LogP contribution in [0.5, 0.6) is 0 Å². The van der Waals surface area contributed by atoms with Crippen molar-refractivity contribution >= 4 is 45.1 Å². The predicted molar refractivity (Wildman–Crippen MR) is 119 cm³/mol. The second-order valence-electron chi connectivity index (χ2n) is 7.61. The van der Waals surface area contributed by atoms with Gasteiger partial charge in [-0.05, 0) is 37.1 Å². The van der Waals surface area contributed by atoms with Crippen molar-refractivity contribution < 1.29 is 13.2 Å². The van der Waals surface area contributed by atoms with Crippen LogP contribution in [0.4, 0.5) is 5.95 Å². The molecule has 0 N–H and O–H groups in total. The number of carbonyl (C=O) groups excluding carboxylic acids is 1. The van der Waals surface area contributed by atoms with Gasteiger partial charge in [0.1, 0.15) is 4.90 Å². The second kappa shape index (κ2) is 9.28. The predicted octanol–water partition coefficient (Wildman–Crippen LogP) is 2.53. The molecule has 11 heteroatoms. The van der Waals surface area contributed by atoms with Crippen LogP contribution in [0.2, 0.25) is 10.0 Å². The topological polar surface area (TPSA) is 86.7 Å². The van der Waals surface area contributed by atoms with E-state index in [0.29, 0.717) is 50.0 Å². The summed E-state index contributed by atoms with van der Waals surface area (Å²) in [5.41, 5.74) is 0. The van der Waals surface area contributed by atoms with Crippen molar-refractivity contribution in [2.75, 3.05) is 44.2 Å². The molecule has 0 saturated carbocycles. The van der Waals surface area contributed by atoms with Crippen LogP contribution in [0.1, 0.15) is 12.8 Å². The van der Waals surface area contributed by atoms with Gasteiger partial charge < -0.3 is 9.80 Å². The van der Waals surface area contributed by atoms with Crippen molar-refractivity contribution in [1.82, 2.24) is 19.2 Å². The van der Waals surface area contributed by atoms with Crippen LogP contribution in [0.25, 0.3) is 0 Å². The number of benzene rings is 1. The highest BCUT2D eigenvalue weighted by Crippen LogP contribution is 2.31. The molecule has 1 aromatic heterocycles. The smallest absolute Gasteiger partial charge is 0.244 e. The van der Waals surface area contributed by atoms with Crippen molar-refractivity contribution in [3.05, 3.63) is 46.7 Å². The summed E-state index contributed by atoms with van der Waals surface area (Å²) in [5, 5.41) is 0.455. The molecular formula is C20H23Cl2N5O3S. The molecule has 0 radical (unpaired) electrons. The van der Waals surface area contributed by atoms with Gasteiger partial charge in [0.2, 0.25) is 21.9 Å². The van der Waals surface area contributed by atoms with Gasteiger partial charge in [-0.1, -0.05) is 23.2 Å². The van der Waals surface area contributed by atoms with Gasteiger partial charge in [-0.25, -0.2) is 18.4 Å². The number of sulfonamides is 1. The zero-order valence-corrected chi connectivity index (χ0v) is 19.2. The number of rotatable bonds is 4. The van der Waals surface area contributed by atoms with Gasteiger partial charge >= 0.3 is 0 Å². The summed E-state index contributed by atoms with van der Waals surface area (Å²) in [4.78, 5) is 25.4. The Morgan fingerprint density at radius 2 is 1.61 bits per heavy atom. The van der Waals surface area contributed by atoms with Crippen molar-refractivity contribution in [1.29, 1.82) is 0 Å². The fraction of sp³-hybridized carbons (Fsp3) is 0.450. The summed E-state index contributed by atoms with van der Waals surface area (Å²) in [6.45, 7) is 3.12. The number of nitrogens with zero attached hydrogens (tertiary/aromatic N) is 5. The van der Waals surface area contributed by atoms with Crippen LogP contribution in [-0.4, -0.2) is 72.8 Å². The Kier molecular flexibility index (Phi) is 6.66. The third-order valence-corrected chi connectivity index (χ3v) is 8.36. The van der Waals surface area contributed by atoms with Crippen molar-refractivity contribution in [2.24, 2.45) is 5.92 Å². The largest absolute Gasteiger partial charge is 0.339 e. The first-order valence-corrected chi connectivity index (χ1v) is 12.3. The SMILES string of the molecule is O=C(C1CCN(S(=O)(=O)c2cc(Cl)ccc2Cl)CC1)N1CCN(c2ncccn2)CC1. The highest BCUT2D eigenvalue weighted by atomic mass is 35.5. The zero-order valence-electron chi connectivity index (χ0n) is 16.8. The molecule has 31 heavy (non-hydrogen) atoms. The minimum absolute atomic E-state index is 0.00527. The molecule has 166 valence electrons. The van der Waals surface area contributed by atoms with Crippen LogP contribution in [0.15, 0.2) is 41.6 Å². The van der Waals surface area contributed by atoms with Gasteiger partial charge in [0.15, 0.2) is 0 Å². The number of anilines is 1. The molecule has 1 amide bonds. The molecule has 2 saturated heterocycles. The molecule has 0 atom stereocenters. The molecule has 4 rings (SSSR count). The molecule has 0 spiro atoms. The standard InChI is InChI=1S/C20H23Cl2N5O3S/c21-16-2-3-17(22)18(14-16)31(29,30)27-8-4-15(5-9-27)19(28)25-10-12-26(13-11-25)20-23-6-1-7-24-20/h1-3,6-7,14-15H,4-5,8-13H2. The Balaban J connectivity index is 1.34. The van der Waals surface area contributed by atoms with E-state index in [2.05, 4.69) is 14.9 Å². The van der Waals surface area contributed by atoms with Crippen LogP contribution in [0.3, 0.4) is 0 Å². The number of piperidine rings is 1. The summed E-state index contributed by atoms with van der Waals surface area (Å²) in [7, 11) is -3.76. The van der Waals surface area contributed by atoms with Crippen molar-refractivity contribution in [2.45, 2.75) is 17.7 Å². The maximum Gasteiger partial charge on any atom is 0.244 e.